The predicted molar refractivity (Wildman–Crippen MR) is 60.7 cm³/mol. The van der Waals surface area contributed by atoms with Crippen LogP contribution in [0.4, 0.5) is 10.1 Å². The van der Waals surface area contributed by atoms with Crippen LogP contribution in [-0.2, 0) is 9.53 Å². The van der Waals surface area contributed by atoms with Crippen LogP contribution in [0.1, 0.15) is 18.1 Å². The molecule has 0 aliphatic rings. The van der Waals surface area contributed by atoms with Crippen molar-refractivity contribution in [3.8, 4) is 0 Å². The molecule has 2 unspecified atom stereocenters. The van der Waals surface area contributed by atoms with Crippen molar-refractivity contribution in [2.45, 2.75) is 18.6 Å². The second-order valence-corrected chi connectivity index (χ2v) is 3.73. The van der Waals surface area contributed by atoms with E-state index in [0.717, 1.165) is 25.3 Å². The quantitative estimate of drug-likeness (QED) is 0.464. The molecule has 2 atom stereocenters. The Bertz CT molecular complexity index is 492. The number of aliphatic hydroxyl groups is 2. The first kappa shape index (κ1) is 15.0. The first-order valence-corrected chi connectivity index (χ1v) is 5.24. The molecule has 1 aromatic rings. The third kappa shape index (κ3) is 3.46. The fraction of sp³-hybridized carbons (Fsp3) is 0.364. The van der Waals surface area contributed by atoms with Crippen LogP contribution in [0, 0.1) is 15.9 Å². The molecule has 8 heteroatoms. The summed E-state index contributed by atoms with van der Waals surface area (Å²) < 4.78 is 17.6. The highest BCUT2D eigenvalue weighted by atomic mass is 19.1. The van der Waals surface area contributed by atoms with Crippen molar-refractivity contribution in [3.63, 3.8) is 0 Å². The number of carbonyl (C=O) groups excluding carboxylic acids is 1. The second-order valence-electron chi connectivity index (χ2n) is 3.73. The van der Waals surface area contributed by atoms with Crippen LogP contribution in [0.25, 0.3) is 0 Å². The predicted octanol–water partition coefficient (Wildman–Crippen LogP) is 0.691. The lowest BCUT2D eigenvalue weighted by Gasteiger charge is -2.17. The van der Waals surface area contributed by atoms with Gasteiger partial charge in [-0.2, -0.15) is 4.39 Å². The van der Waals surface area contributed by atoms with Crippen molar-refractivity contribution in [3.05, 3.63) is 39.7 Å². The molecule has 0 saturated carbocycles. The lowest BCUT2D eigenvalue weighted by molar-refractivity contribution is -0.389. The lowest BCUT2D eigenvalue weighted by Crippen LogP contribution is -2.23. The number of rotatable bonds is 5. The van der Waals surface area contributed by atoms with Gasteiger partial charge in [0.15, 0.2) is 0 Å². The molecule has 0 spiro atoms. The van der Waals surface area contributed by atoms with E-state index >= 15 is 0 Å². The Hall–Kier alpha value is -2.06. The van der Waals surface area contributed by atoms with Crippen molar-refractivity contribution >= 4 is 11.7 Å². The number of halogens is 1. The van der Waals surface area contributed by atoms with Crippen LogP contribution >= 0.6 is 0 Å². The van der Waals surface area contributed by atoms with Crippen LogP contribution in [-0.4, -0.2) is 34.3 Å². The third-order valence-electron chi connectivity index (χ3n) is 2.49. The van der Waals surface area contributed by atoms with E-state index in [0.29, 0.717) is 0 Å². The molecular weight excluding hydrogens is 261 g/mol. The van der Waals surface area contributed by atoms with Crippen molar-refractivity contribution < 1.29 is 29.1 Å². The van der Waals surface area contributed by atoms with E-state index in [-0.39, 0.29) is 0 Å². The van der Waals surface area contributed by atoms with Gasteiger partial charge in [-0.05, 0) is 12.1 Å². The Morgan fingerprint density at radius 3 is 2.68 bits per heavy atom. The molecule has 2 N–H and O–H groups in total. The zero-order valence-corrected chi connectivity index (χ0v) is 9.95. The van der Waals surface area contributed by atoms with E-state index in [9.17, 15) is 29.5 Å². The number of carbonyl (C=O) groups is 1. The number of esters is 1. The third-order valence-corrected chi connectivity index (χ3v) is 2.49. The van der Waals surface area contributed by atoms with Gasteiger partial charge in [0.1, 0.15) is 6.10 Å². The van der Waals surface area contributed by atoms with Crippen molar-refractivity contribution in [1.29, 1.82) is 0 Å². The van der Waals surface area contributed by atoms with Gasteiger partial charge in [0.05, 0.1) is 30.1 Å². The molecule has 0 heterocycles. The minimum Gasteiger partial charge on any atom is -0.469 e. The summed E-state index contributed by atoms with van der Waals surface area (Å²) in [7, 11) is 1.09. The number of aliphatic hydroxyl groups excluding tert-OH is 2. The molecule has 0 saturated heterocycles. The molecule has 0 aliphatic heterocycles. The summed E-state index contributed by atoms with van der Waals surface area (Å²) in [6.07, 6.45) is -3.96. The molecule has 19 heavy (non-hydrogen) atoms. The molecule has 1 rings (SSSR count). The fourth-order valence-electron chi connectivity index (χ4n) is 1.54. The van der Waals surface area contributed by atoms with E-state index in [1.807, 2.05) is 0 Å². The number of ether oxygens (including phenoxy) is 1. The minimum absolute atomic E-state index is 0.401. The number of nitro benzene ring substituents is 1. The van der Waals surface area contributed by atoms with Gasteiger partial charge in [-0.3, -0.25) is 14.9 Å². The normalized spacial score (nSPS) is 13.7. The maximum absolute atomic E-state index is 13.3. The summed E-state index contributed by atoms with van der Waals surface area (Å²) in [5, 5.41) is 30.1. The maximum atomic E-state index is 13.3. The van der Waals surface area contributed by atoms with Crippen LogP contribution in [0.5, 0.6) is 0 Å². The molecule has 0 radical (unpaired) electrons. The van der Waals surface area contributed by atoms with Gasteiger partial charge in [0, 0.05) is 0 Å². The largest absolute Gasteiger partial charge is 0.469 e. The second kappa shape index (κ2) is 6.21. The summed E-state index contributed by atoms with van der Waals surface area (Å²) in [6.45, 7) is 0. The zero-order chi connectivity index (χ0) is 14.6. The smallest absolute Gasteiger partial charge is 0.310 e. The monoisotopic (exact) mass is 273 g/mol. The average Bonchev–Trinajstić information content (AvgIpc) is 2.36. The standard InChI is InChI=1S/C11H12FNO6/c1-19-9(15)5-8(14)11(16)6-3-2-4-7(12)10(6)13(17)18/h2-4,8,11,14,16H,5H2,1H3. The minimum atomic E-state index is -1.77. The van der Waals surface area contributed by atoms with Crippen molar-refractivity contribution in [2.24, 2.45) is 0 Å². The Morgan fingerprint density at radius 2 is 2.16 bits per heavy atom. The maximum Gasteiger partial charge on any atom is 0.310 e. The number of nitro groups is 1. The topological polar surface area (TPSA) is 110 Å². The number of methoxy groups -OCH3 is 1. The Kier molecular flexibility index (Phi) is 4.90. The highest BCUT2D eigenvalue weighted by Crippen LogP contribution is 2.30. The number of hydrogen-bond donors (Lipinski definition) is 2. The van der Waals surface area contributed by atoms with Crippen LogP contribution in [0.3, 0.4) is 0 Å². The van der Waals surface area contributed by atoms with Gasteiger partial charge in [0.25, 0.3) is 0 Å². The SMILES string of the molecule is COC(=O)CC(O)C(O)c1cccc(F)c1[N+](=O)[O-]. The van der Waals surface area contributed by atoms with Crippen LogP contribution < -0.4 is 0 Å². The molecule has 7 nitrogen and oxygen atoms in total. The van der Waals surface area contributed by atoms with E-state index in [1.165, 1.54) is 0 Å². The Morgan fingerprint density at radius 1 is 1.53 bits per heavy atom. The summed E-state index contributed by atoms with van der Waals surface area (Å²) in [5.41, 5.74) is -1.33. The molecule has 104 valence electrons. The van der Waals surface area contributed by atoms with E-state index in [1.54, 1.807) is 0 Å². The average molecular weight is 273 g/mol. The van der Waals surface area contributed by atoms with Gasteiger partial charge >= 0.3 is 11.7 Å². The molecule has 0 aliphatic carbocycles. The number of nitrogens with zero attached hydrogens (tertiary/aromatic N) is 1. The van der Waals surface area contributed by atoms with Gasteiger partial charge in [-0.1, -0.05) is 6.07 Å². The first-order valence-electron chi connectivity index (χ1n) is 5.24. The van der Waals surface area contributed by atoms with Gasteiger partial charge in [-0.25, -0.2) is 0 Å². The van der Waals surface area contributed by atoms with Crippen molar-refractivity contribution in [1.82, 2.24) is 0 Å². The summed E-state index contributed by atoms with van der Waals surface area (Å²) in [5.74, 6) is -1.93. The molecule has 1 aromatic carbocycles. The number of para-hydroxylation sites is 1. The number of hydrogen-bond acceptors (Lipinski definition) is 6. The molecule has 0 aromatic heterocycles. The summed E-state index contributed by atoms with van der Waals surface area (Å²) >= 11 is 0. The van der Waals surface area contributed by atoms with E-state index in [2.05, 4.69) is 4.74 Å². The molecule has 0 fully saturated rings. The molecule has 0 amide bonds. The highest BCUT2D eigenvalue weighted by Gasteiger charge is 2.30. The summed E-state index contributed by atoms with van der Waals surface area (Å²) in [6, 6.07) is 3.12. The van der Waals surface area contributed by atoms with Crippen LogP contribution in [0.2, 0.25) is 0 Å². The van der Waals surface area contributed by atoms with Crippen molar-refractivity contribution in [2.75, 3.05) is 7.11 Å². The van der Waals surface area contributed by atoms with Gasteiger partial charge < -0.3 is 14.9 Å². The molecule has 0 bridgehead atoms. The Balaban J connectivity index is 3.05. The van der Waals surface area contributed by atoms with Crippen LogP contribution in [0.15, 0.2) is 18.2 Å². The molecular formula is C11H12FNO6. The lowest BCUT2D eigenvalue weighted by atomic mass is 10.0. The first-order chi connectivity index (χ1) is 8.88. The summed E-state index contributed by atoms with van der Waals surface area (Å²) in [4.78, 5) is 20.7. The van der Waals surface area contributed by atoms with Gasteiger partial charge in [-0.15, -0.1) is 0 Å². The van der Waals surface area contributed by atoms with E-state index < -0.39 is 46.6 Å². The number of benzene rings is 1. The zero-order valence-electron chi connectivity index (χ0n) is 9.95. The Labute approximate surface area is 107 Å². The van der Waals surface area contributed by atoms with E-state index in [4.69, 9.17) is 0 Å². The van der Waals surface area contributed by atoms with Gasteiger partial charge in [0.2, 0.25) is 5.82 Å². The fourth-order valence-corrected chi connectivity index (χ4v) is 1.54. The highest BCUT2D eigenvalue weighted by molar-refractivity contribution is 5.69.